The summed E-state index contributed by atoms with van der Waals surface area (Å²) in [5.74, 6) is 0.159. The van der Waals surface area contributed by atoms with Gasteiger partial charge in [-0.25, -0.2) is 13.2 Å². The molecule has 0 radical (unpaired) electrons. The lowest BCUT2D eigenvalue weighted by molar-refractivity contribution is -0.119. The maximum atomic E-state index is 13.5. The Morgan fingerprint density at radius 1 is 1.00 bits per heavy atom. The summed E-state index contributed by atoms with van der Waals surface area (Å²) < 4.78 is 30.7. The van der Waals surface area contributed by atoms with Crippen LogP contribution in [0.25, 0.3) is 0 Å². The third kappa shape index (κ3) is 3.84. The van der Waals surface area contributed by atoms with Crippen molar-refractivity contribution >= 4 is 33.2 Å². The first-order chi connectivity index (χ1) is 15.6. The first kappa shape index (κ1) is 21.8. The van der Waals surface area contributed by atoms with Gasteiger partial charge in [0.25, 0.3) is 0 Å². The second kappa shape index (κ2) is 7.76. The Morgan fingerprint density at radius 2 is 1.70 bits per heavy atom. The van der Waals surface area contributed by atoms with Crippen LogP contribution in [0.3, 0.4) is 0 Å². The number of fused-ring (bicyclic) bond motifs is 2. The molecule has 3 heterocycles. The third-order valence-electron chi connectivity index (χ3n) is 6.55. The van der Waals surface area contributed by atoms with Gasteiger partial charge < -0.3 is 14.5 Å². The van der Waals surface area contributed by atoms with Crippen LogP contribution in [0.15, 0.2) is 36.4 Å². The van der Waals surface area contributed by atoms with Crippen LogP contribution in [0.2, 0.25) is 0 Å². The lowest BCUT2D eigenvalue weighted by Crippen LogP contribution is -2.48. The molecule has 3 aliphatic rings. The molecule has 2 fully saturated rings. The van der Waals surface area contributed by atoms with Gasteiger partial charge in [-0.15, -0.1) is 0 Å². The zero-order valence-electron chi connectivity index (χ0n) is 18.9. The molecule has 0 aliphatic carbocycles. The molecule has 2 aromatic rings. The smallest absolute Gasteiger partial charge is 0.325 e. The molecule has 8 nitrogen and oxygen atoms in total. The summed E-state index contributed by atoms with van der Waals surface area (Å²) in [4.78, 5) is 31.6. The maximum Gasteiger partial charge on any atom is 0.325 e. The average Bonchev–Trinajstić information content (AvgIpc) is 3.16. The SMILES string of the molecule is Cc1cc(C)cc(N2C(=O)N(CC(=O)N3CCOc4ccc(C)cc43)[C@@H]3CS(=O)(=O)C[C@H]32)c1. The number of carbonyl (C=O) groups is 2. The minimum Gasteiger partial charge on any atom is -0.490 e. The topological polar surface area (TPSA) is 87.2 Å². The van der Waals surface area contributed by atoms with Gasteiger partial charge in [0.2, 0.25) is 5.91 Å². The summed E-state index contributed by atoms with van der Waals surface area (Å²) in [6, 6.07) is 10.1. The van der Waals surface area contributed by atoms with Gasteiger partial charge in [-0.1, -0.05) is 12.1 Å². The fourth-order valence-corrected chi connectivity index (χ4v) is 7.12. The molecule has 0 saturated carbocycles. The molecule has 0 unspecified atom stereocenters. The molecule has 0 N–H and O–H groups in total. The van der Waals surface area contributed by atoms with Crippen molar-refractivity contribution in [1.82, 2.24) is 4.90 Å². The van der Waals surface area contributed by atoms with Crippen LogP contribution in [0.5, 0.6) is 5.75 Å². The summed E-state index contributed by atoms with van der Waals surface area (Å²) >= 11 is 0. The average molecular weight is 470 g/mol. The minimum absolute atomic E-state index is 0.0966. The second-order valence-corrected chi connectivity index (χ2v) is 11.4. The fraction of sp³-hybridized carbons (Fsp3) is 0.417. The number of sulfone groups is 1. The van der Waals surface area contributed by atoms with E-state index in [4.69, 9.17) is 4.74 Å². The van der Waals surface area contributed by atoms with Gasteiger partial charge in [0.1, 0.15) is 18.9 Å². The van der Waals surface area contributed by atoms with E-state index in [0.717, 1.165) is 16.7 Å². The molecule has 2 atom stereocenters. The zero-order valence-corrected chi connectivity index (χ0v) is 19.8. The number of aryl methyl sites for hydroxylation is 3. The normalized spacial score (nSPS) is 23.4. The van der Waals surface area contributed by atoms with Crippen LogP contribution < -0.4 is 14.5 Å². The van der Waals surface area contributed by atoms with Crippen molar-refractivity contribution in [1.29, 1.82) is 0 Å². The highest BCUT2D eigenvalue weighted by molar-refractivity contribution is 7.91. The Bertz CT molecular complexity index is 1240. The molecule has 3 amide bonds. The molecule has 33 heavy (non-hydrogen) atoms. The monoisotopic (exact) mass is 469 g/mol. The minimum atomic E-state index is -3.32. The Labute approximate surface area is 193 Å². The predicted molar refractivity (Wildman–Crippen MR) is 126 cm³/mol. The van der Waals surface area contributed by atoms with E-state index in [1.54, 1.807) is 9.80 Å². The lowest BCUT2D eigenvalue weighted by atomic mass is 10.1. The molecule has 2 saturated heterocycles. The van der Waals surface area contributed by atoms with Crippen molar-refractivity contribution in [2.45, 2.75) is 32.9 Å². The van der Waals surface area contributed by atoms with Crippen molar-refractivity contribution in [3.05, 3.63) is 53.1 Å². The summed E-state index contributed by atoms with van der Waals surface area (Å²) in [6.07, 6.45) is 0. The summed E-state index contributed by atoms with van der Waals surface area (Å²) in [6.45, 7) is 6.40. The summed E-state index contributed by atoms with van der Waals surface area (Å²) in [7, 11) is -3.32. The highest BCUT2D eigenvalue weighted by atomic mass is 32.2. The molecule has 2 aromatic carbocycles. The van der Waals surface area contributed by atoms with Crippen LogP contribution in [0, 0.1) is 20.8 Å². The largest absolute Gasteiger partial charge is 0.490 e. The van der Waals surface area contributed by atoms with E-state index in [1.807, 2.05) is 57.2 Å². The number of hydrogen-bond acceptors (Lipinski definition) is 5. The fourth-order valence-electron chi connectivity index (χ4n) is 5.17. The highest BCUT2D eigenvalue weighted by Gasteiger charge is 2.54. The van der Waals surface area contributed by atoms with Crippen LogP contribution in [-0.4, -0.2) is 68.5 Å². The van der Waals surface area contributed by atoms with Crippen LogP contribution in [-0.2, 0) is 14.6 Å². The Morgan fingerprint density at radius 3 is 2.42 bits per heavy atom. The first-order valence-corrected chi connectivity index (χ1v) is 12.9. The highest BCUT2D eigenvalue weighted by Crippen LogP contribution is 2.37. The standard InChI is InChI=1S/C24H27N3O5S/c1-15-4-5-22-19(11-15)25(6-7-32-22)23(28)12-26-20-13-33(30,31)14-21(20)27(24(26)29)18-9-16(2)8-17(3)10-18/h4-5,8-11,20-21H,6-7,12-14H2,1-3H3/t20-,21-/m1/s1. The molecule has 0 spiro atoms. The number of carbonyl (C=O) groups excluding carboxylic acids is 2. The van der Waals surface area contributed by atoms with Crippen LogP contribution in [0.1, 0.15) is 16.7 Å². The first-order valence-electron chi connectivity index (χ1n) is 11.1. The molecule has 3 aliphatic heterocycles. The molecule has 5 rings (SSSR count). The van der Waals surface area contributed by atoms with E-state index < -0.39 is 21.9 Å². The van der Waals surface area contributed by atoms with Gasteiger partial charge in [0.05, 0.1) is 35.8 Å². The molecule has 9 heteroatoms. The molecular formula is C24H27N3O5S. The predicted octanol–water partition coefficient (Wildman–Crippen LogP) is 2.45. The van der Waals surface area contributed by atoms with Crippen molar-refractivity contribution < 1.29 is 22.7 Å². The van der Waals surface area contributed by atoms with E-state index in [1.165, 1.54) is 4.90 Å². The van der Waals surface area contributed by atoms with Crippen molar-refractivity contribution in [2.24, 2.45) is 0 Å². The summed E-state index contributed by atoms with van der Waals surface area (Å²) in [5.41, 5.74) is 4.33. The second-order valence-electron chi connectivity index (χ2n) is 9.20. The van der Waals surface area contributed by atoms with Gasteiger partial charge >= 0.3 is 6.03 Å². The number of nitrogens with zero attached hydrogens (tertiary/aromatic N) is 3. The number of anilines is 2. The Balaban J connectivity index is 1.47. The van der Waals surface area contributed by atoms with Gasteiger partial charge in [-0.2, -0.15) is 0 Å². The number of hydrogen-bond donors (Lipinski definition) is 0. The summed E-state index contributed by atoms with van der Waals surface area (Å²) in [5, 5.41) is 0. The van der Waals surface area contributed by atoms with E-state index in [2.05, 4.69) is 0 Å². The Hall–Kier alpha value is -3.07. The van der Waals surface area contributed by atoms with Crippen molar-refractivity contribution in [2.75, 3.05) is 41.0 Å². The van der Waals surface area contributed by atoms with Gasteiger partial charge in [0, 0.05) is 5.69 Å². The number of benzene rings is 2. The van der Waals surface area contributed by atoms with Gasteiger partial charge in [-0.3, -0.25) is 9.69 Å². The maximum absolute atomic E-state index is 13.5. The van der Waals surface area contributed by atoms with Gasteiger partial charge in [-0.05, 0) is 61.7 Å². The van der Waals surface area contributed by atoms with E-state index in [0.29, 0.717) is 30.3 Å². The van der Waals surface area contributed by atoms with Crippen LogP contribution in [0.4, 0.5) is 16.2 Å². The van der Waals surface area contributed by atoms with Crippen LogP contribution >= 0.6 is 0 Å². The Kier molecular flexibility index (Phi) is 5.12. The molecular weight excluding hydrogens is 442 g/mol. The number of ether oxygens (including phenoxy) is 1. The number of rotatable bonds is 3. The molecule has 0 aromatic heterocycles. The number of amides is 3. The van der Waals surface area contributed by atoms with Crippen molar-refractivity contribution in [3.63, 3.8) is 0 Å². The lowest BCUT2D eigenvalue weighted by Gasteiger charge is -2.32. The zero-order chi connectivity index (χ0) is 23.5. The quantitative estimate of drug-likeness (QED) is 0.645. The number of urea groups is 1. The molecule has 174 valence electrons. The molecule has 0 bridgehead atoms. The van der Waals surface area contributed by atoms with Crippen molar-refractivity contribution in [3.8, 4) is 5.75 Å². The third-order valence-corrected chi connectivity index (χ3v) is 8.25. The van der Waals surface area contributed by atoms with Gasteiger partial charge in [0.15, 0.2) is 9.84 Å². The van der Waals surface area contributed by atoms with E-state index >= 15 is 0 Å². The van der Waals surface area contributed by atoms with E-state index in [9.17, 15) is 18.0 Å². The van der Waals surface area contributed by atoms with E-state index in [-0.39, 0.29) is 30.0 Å².